The van der Waals surface area contributed by atoms with E-state index >= 15 is 0 Å². The number of para-hydroxylation sites is 1. The van der Waals surface area contributed by atoms with Crippen LogP contribution in [-0.2, 0) is 16.1 Å². The first-order chi connectivity index (χ1) is 20.8. The summed E-state index contributed by atoms with van der Waals surface area (Å²) < 4.78 is 19.0. The van der Waals surface area contributed by atoms with Crippen molar-refractivity contribution in [3.05, 3.63) is 131 Å². The summed E-state index contributed by atoms with van der Waals surface area (Å²) in [4.78, 5) is 42.9. The summed E-state index contributed by atoms with van der Waals surface area (Å²) >= 11 is 1.23. The summed E-state index contributed by atoms with van der Waals surface area (Å²) in [5.41, 5.74) is 2.40. The Kier molecular flexibility index (Phi) is 8.82. The van der Waals surface area contributed by atoms with E-state index in [9.17, 15) is 19.7 Å². The maximum Gasteiger partial charge on any atom is 0.338 e. The maximum absolute atomic E-state index is 13.9. The van der Waals surface area contributed by atoms with Crippen LogP contribution in [0.2, 0.25) is 0 Å². The van der Waals surface area contributed by atoms with Gasteiger partial charge in [-0.2, -0.15) is 0 Å². The van der Waals surface area contributed by atoms with Crippen LogP contribution in [0.4, 0.5) is 5.69 Å². The van der Waals surface area contributed by atoms with Crippen LogP contribution in [0.5, 0.6) is 11.5 Å². The Hall–Kier alpha value is -5.03. The molecule has 220 valence electrons. The maximum atomic E-state index is 13.9. The third kappa shape index (κ3) is 6.12. The lowest BCUT2D eigenvalue weighted by atomic mass is 9.96. The number of allylic oxidation sites excluding steroid dienone is 1. The van der Waals surface area contributed by atoms with Gasteiger partial charge in [-0.1, -0.05) is 59.9 Å². The van der Waals surface area contributed by atoms with Crippen molar-refractivity contribution in [3.63, 3.8) is 0 Å². The lowest BCUT2D eigenvalue weighted by Gasteiger charge is -2.24. The van der Waals surface area contributed by atoms with E-state index in [0.717, 1.165) is 5.56 Å². The number of carbonyl (C=O) groups excluding carboxylic acids is 1. The molecule has 3 aromatic carbocycles. The van der Waals surface area contributed by atoms with Crippen LogP contribution >= 0.6 is 11.3 Å². The Morgan fingerprint density at radius 1 is 1.02 bits per heavy atom. The molecule has 0 saturated heterocycles. The zero-order chi connectivity index (χ0) is 30.5. The smallest absolute Gasteiger partial charge is 0.338 e. The van der Waals surface area contributed by atoms with Gasteiger partial charge in [0.2, 0.25) is 0 Å². The topological polar surface area (TPSA) is 122 Å². The molecule has 1 atom stereocenters. The number of thiazole rings is 1. The first-order valence-electron chi connectivity index (χ1n) is 13.7. The van der Waals surface area contributed by atoms with Gasteiger partial charge in [-0.3, -0.25) is 19.5 Å². The molecule has 0 aliphatic carbocycles. The molecule has 11 heteroatoms. The molecule has 1 aliphatic rings. The molecule has 1 aliphatic heterocycles. The van der Waals surface area contributed by atoms with Gasteiger partial charge in [0.05, 0.1) is 45.5 Å². The molecule has 2 heterocycles. The predicted molar refractivity (Wildman–Crippen MR) is 162 cm³/mol. The van der Waals surface area contributed by atoms with Gasteiger partial charge in [-0.25, -0.2) is 9.79 Å². The Balaban J connectivity index is 1.53. The number of benzene rings is 3. The molecule has 5 rings (SSSR count). The number of hydrogen-bond acceptors (Lipinski definition) is 9. The quantitative estimate of drug-likeness (QED) is 0.147. The van der Waals surface area contributed by atoms with Gasteiger partial charge in [0.15, 0.2) is 16.3 Å². The summed E-state index contributed by atoms with van der Waals surface area (Å²) in [5.74, 6) is 0.340. The molecule has 0 unspecified atom stereocenters. The van der Waals surface area contributed by atoms with Crippen LogP contribution in [0.1, 0.15) is 43.5 Å². The van der Waals surface area contributed by atoms with E-state index < -0.39 is 16.9 Å². The normalized spacial score (nSPS) is 14.6. The lowest BCUT2D eigenvalue weighted by molar-refractivity contribution is -0.385. The second-order valence-corrected chi connectivity index (χ2v) is 10.5. The van der Waals surface area contributed by atoms with Gasteiger partial charge in [-0.05, 0) is 56.2 Å². The van der Waals surface area contributed by atoms with Crippen LogP contribution in [0.3, 0.4) is 0 Å². The molecule has 4 aromatic rings. The summed E-state index contributed by atoms with van der Waals surface area (Å²) in [6, 6.07) is 20.3. The van der Waals surface area contributed by atoms with Gasteiger partial charge < -0.3 is 14.2 Å². The number of fused-ring (bicyclic) bond motifs is 1. The summed E-state index contributed by atoms with van der Waals surface area (Å²) in [5, 5.41) is 11.4. The SMILES string of the molecule is CCOC(=O)C1=C(C)N=c2sc(=Cc3ccc(OCc4ccccc4[N+](=O)[O-])c(OCC)c3)c(=O)n2[C@H]1c1ccccc1. The standard InChI is InChI=1S/C32H29N3O7S/c1-4-40-26-17-21(15-16-25(26)42-19-23-13-9-10-14-24(23)35(38)39)18-27-30(36)34-29(22-11-7-6-8-12-22)28(31(37)41-5-2)20(3)33-32(34)43-27/h6-18,29H,4-5,19H2,1-3H3/t29-/m0/s1. The van der Waals surface area contributed by atoms with Crippen molar-refractivity contribution in [3.8, 4) is 11.5 Å². The highest BCUT2D eigenvalue weighted by Crippen LogP contribution is 2.32. The molecule has 1 aromatic heterocycles. The number of ether oxygens (including phenoxy) is 3. The fourth-order valence-corrected chi connectivity index (χ4v) is 5.91. The van der Waals surface area contributed by atoms with E-state index in [-0.39, 0.29) is 24.5 Å². The van der Waals surface area contributed by atoms with E-state index in [0.29, 0.717) is 49.8 Å². The van der Waals surface area contributed by atoms with Crippen molar-refractivity contribution < 1.29 is 23.9 Å². The number of aromatic nitrogens is 1. The van der Waals surface area contributed by atoms with Crippen LogP contribution < -0.4 is 24.4 Å². The average molecular weight is 600 g/mol. The minimum absolute atomic E-state index is 0.0171. The number of hydrogen-bond donors (Lipinski definition) is 0. The molecule has 0 N–H and O–H groups in total. The second kappa shape index (κ2) is 12.9. The average Bonchev–Trinajstić information content (AvgIpc) is 3.30. The highest BCUT2D eigenvalue weighted by molar-refractivity contribution is 7.07. The Morgan fingerprint density at radius 2 is 1.77 bits per heavy atom. The molecule has 0 spiro atoms. The number of nitro benzene ring substituents is 1. The van der Waals surface area contributed by atoms with Crippen molar-refractivity contribution in [1.29, 1.82) is 0 Å². The molecule has 0 bridgehead atoms. The summed E-state index contributed by atoms with van der Waals surface area (Å²) in [6.45, 7) is 5.86. The van der Waals surface area contributed by atoms with Gasteiger partial charge >= 0.3 is 5.97 Å². The van der Waals surface area contributed by atoms with Crippen LogP contribution in [0, 0.1) is 10.1 Å². The zero-order valence-corrected chi connectivity index (χ0v) is 24.6. The molecule has 10 nitrogen and oxygen atoms in total. The monoisotopic (exact) mass is 599 g/mol. The van der Waals surface area contributed by atoms with Crippen molar-refractivity contribution in [2.24, 2.45) is 4.99 Å². The van der Waals surface area contributed by atoms with E-state index in [1.807, 2.05) is 37.3 Å². The minimum Gasteiger partial charge on any atom is -0.490 e. The summed E-state index contributed by atoms with van der Waals surface area (Å²) in [6.07, 6.45) is 1.74. The molecular weight excluding hydrogens is 570 g/mol. The fraction of sp³-hybridized carbons (Fsp3) is 0.219. The second-order valence-electron chi connectivity index (χ2n) is 9.53. The third-order valence-electron chi connectivity index (χ3n) is 6.77. The number of esters is 1. The number of carbonyl (C=O) groups is 1. The minimum atomic E-state index is -0.685. The Bertz CT molecular complexity index is 1890. The van der Waals surface area contributed by atoms with E-state index in [1.165, 1.54) is 17.4 Å². The molecule has 43 heavy (non-hydrogen) atoms. The predicted octanol–water partition coefficient (Wildman–Crippen LogP) is 4.68. The number of nitro groups is 1. The van der Waals surface area contributed by atoms with Crippen molar-refractivity contribution in [2.75, 3.05) is 13.2 Å². The largest absolute Gasteiger partial charge is 0.490 e. The molecule has 0 saturated carbocycles. The summed E-state index contributed by atoms with van der Waals surface area (Å²) in [7, 11) is 0. The highest BCUT2D eigenvalue weighted by atomic mass is 32.1. The van der Waals surface area contributed by atoms with E-state index in [1.54, 1.807) is 60.9 Å². The van der Waals surface area contributed by atoms with Gasteiger partial charge in [0, 0.05) is 6.07 Å². The Labute approximate surface area is 251 Å². The Morgan fingerprint density at radius 3 is 2.49 bits per heavy atom. The van der Waals surface area contributed by atoms with Crippen LogP contribution in [0.25, 0.3) is 6.08 Å². The van der Waals surface area contributed by atoms with Crippen LogP contribution in [0.15, 0.2) is 93.9 Å². The molecule has 0 amide bonds. The highest BCUT2D eigenvalue weighted by Gasteiger charge is 2.33. The van der Waals surface area contributed by atoms with E-state index in [4.69, 9.17) is 14.2 Å². The zero-order valence-electron chi connectivity index (χ0n) is 23.8. The molecular formula is C32H29N3O7S. The third-order valence-corrected chi connectivity index (χ3v) is 7.75. The van der Waals surface area contributed by atoms with Gasteiger partial charge in [-0.15, -0.1) is 0 Å². The van der Waals surface area contributed by atoms with Crippen molar-refractivity contribution in [1.82, 2.24) is 4.57 Å². The van der Waals surface area contributed by atoms with Gasteiger partial charge in [0.1, 0.15) is 6.61 Å². The molecule has 0 radical (unpaired) electrons. The fourth-order valence-electron chi connectivity index (χ4n) is 4.86. The van der Waals surface area contributed by atoms with Gasteiger partial charge in [0.25, 0.3) is 11.2 Å². The van der Waals surface area contributed by atoms with Crippen molar-refractivity contribution >= 4 is 29.1 Å². The first-order valence-corrected chi connectivity index (χ1v) is 14.5. The lowest BCUT2D eigenvalue weighted by Crippen LogP contribution is -2.39. The van der Waals surface area contributed by atoms with Crippen molar-refractivity contribution in [2.45, 2.75) is 33.4 Å². The number of nitrogens with zero attached hydrogens (tertiary/aromatic N) is 3. The number of rotatable bonds is 10. The van der Waals surface area contributed by atoms with Crippen LogP contribution in [-0.4, -0.2) is 28.7 Å². The molecule has 0 fully saturated rings. The van der Waals surface area contributed by atoms with E-state index in [2.05, 4.69) is 4.99 Å². The first kappa shape index (κ1) is 29.5.